The molecule has 0 heterocycles. The van der Waals surface area contributed by atoms with Crippen LogP contribution < -0.4 is 16.4 Å². The minimum Gasteiger partial charge on any atom is -0.397 e. The zero-order valence-electron chi connectivity index (χ0n) is 10.0. The summed E-state index contributed by atoms with van der Waals surface area (Å²) in [6, 6.07) is 5.54. The Morgan fingerprint density at radius 3 is 2.69 bits per heavy atom. The Hall–Kier alpha value is -1.71. The zero-order valence-corrected chi connectivity index (χ0v) is 10.0. The maximum atomic E-state index is 11.6. The number of amides is 1. The van der Waals surface area contributed by atoms with Gasteiger partial charge in [0.15, 0.2) is 0 Å². The number of hydrogen-bond donors (Lipinski definition) is 3. The third-order valence-corrected chi connectivity index (χ3v) is 2.10. The van der Waals surface area contributed by atoms with Gasteiger partial charge in [-0.3, -0.25) is 4.79 Å². The van der Waals surface area contributed by atoms with E-state index in [9.17, 15) is 4.79 Å². The van der Waals surface area contributed by atoms with Crippen molar-refractivity contribution in [3.63, 3.8) is 0 Å². The van der Waals surface area contributed by atoms with Crippen LogP contribution >= 0.6 is 0 Å². The van der Waals surface area contributed by atoms with E-state index in [4.69, 9.17) is 5.73 Å². The second kappa shape index (κ2) is 5.39. The third-order valence-electron chi connectivity index (χ3n) is 2.10. The number of anilines is 2. The zero-order chi connectivity index (χ0) is 12.1. The van der Waals surface area contributed by atoms with Crippen LogP contribution in [0.15, 0.2) is 18.2 Å². The first-order valence-corrected chi connectivity index (χ1v) is 5.48. The van der Waals surface area contributed by atoms with Gasteiger partial charge < -0.3 is 16.4 Å². The molecule has 1 rings (SSSR count). The van der Waals surface area contributed by atoms with Crippen LogP contribution in [0, 0.1) is 0 Å². The summed E-state index contributed by atoms with van der Waals surface area (Å²) in [5.74, 6) is -0.0747. The normalized spacial score (nSPS) is 10.2. The van der Waals surface area contributed by atoms with Crippen molar-refractivity contribution in [2.45, 2.75) is 26.8 Å². The minimum atomic E-state index is -0.0747. The summed E-state index contributed by atoms with van der Waals surface area (Å²) in [4.78, 5) is 11.6. The smallest absolute Gasteiger partial charge is 0.251 e. The SMILES string of the molecule is CCNC(=O)c1ccc(N)c(NC(C)C)c1. The lowest BCUT2D eigenvalue weighted by atomic mass is 10.1. The van der Waals surface area contributed by atoms with Gasteiger partial charge in [-0.15, -0.1) is 0 Å². The van der Waals surface area contributed by atoms with E-state index in [1.165, 1.54) is 0 Å². The Balaban J connectivity index is 2.93. The Kier molecular flexibility index (Phi) is 4.17. The molecule has 0 aliphatic heterocycles. The van der Waals surface area contributed by atoms with Crippen molar-refractivity contribution in [1.29, 1.82) is 0 Å². The molecule has 0 saturated heterocycles. The second-order valence-corrected chi connectivity index (χ2v) is 3.96. The molecule has 88 valence electrons. The van der Waals surface area contributed by atoms with Crippen LogP contribution in [0.5, 0.6) is 0 Å². The van der Waals surface area contributed by atoms with Gasteiger partial charge in [0.1, 0.15) is 0 Å². The molecule has 0 aliphatic rings. The van der Waals surface area contributed by atoms with E-state index in [1.54, 1.807) is 18.2 Å². The average Bonchev–Trinajstić information content (AvgIpc) is 2.21. The summed E-state index contributed by atoms with van der Waals surface area (Å²) in [5.41, 5.74) is 7.90. The molecule has 4 heteroatoms. The minimum absolute atomic E-state index is 0.0747. The summed E-state index contributed by atoms with van der Waals surface area (Å²) >= 11 is 0. The molecule has 0 aliphatic carbocycles. The molecule has 1 aromatic carbocycles. The quantitative estimate of drug-likeness (QED) is 0.680. The van der Waals surface area contributed by atoms with E-state index < -0.39 is 0 Å². The van der Waals surface area contributed by atoms with E-state index in [1.807, 2.05) is 20.8 Å². The molecule has 0 unspecified atom stereocenters. The molecule has 4 nitrogen and oxygen atoms in total. The van der Waals surface area contributed by atoms with Crippen molar-refractivity contribution in [3.05, 3.63) is 23.8 Å². The number of carbonyl (C=O) groups excluding carboxylic acids is 1. The molecule has 0 atom stereocenters. The fraction of sp³-hybridized carbons (Fsp3) is 0.417. The lowest BCUT2D eigenvalue weighted by Gasteiger charge is -2.13. The Morgan fingerprint density at radius 1 is 1.44 bits per heavy atom. The van der Waals surface area contributed by atoms with Gasteiger partial charge in [-0.05, 0) is 39.0 Å². The topological polar surface area (TPSA) is 67.2 Å². The van der Waals surface area contributed by atoms with Crippen LogP contribution in [0.25, 0.3) is 0 Å². The highest BCUT2D eigenvalue weighted by atomic mass is 16.1. The van der Waals surface area contributed by atoms with Crippen LogP contribution in [0.2, 0.25) is 0 Å². The predicted octanol–water partition coefficient (Wildman–Crippen LogP) is 1.84. The van der Waals surface area contributed by atoms with Crippen LogP contribution in [0.4, 0.5) is 11.4 Å². The van der Waals surface area contributed by atoms with Crippen molar-refractivity contribution < 1.29 is 4.79 Å². The first kappa shape index (κ1) is 12.4. The first-order valence-electron chi connectivity index (χ1n) is 5.48. The van der Waals surface area contributed by atoms with Gasteiger partial charge in [0.2, 0.25) is 0 Å². The highest BCUT2D eigenvalue weighted by Gasteiger charge is 2.07. The largest absolute Gasteiger partial charge is 0.397 e. The number of nitrogens with two attached hydrogens (primary N) is 1. The summed E-state index contributed by atoms with van der Waals surface area (Å²) in [6.07, 6.45) is 0. The fourth-order valence-corrected chi connectivity index (χ4v) is 1.40. The molecular formula is C12H19N3O. The van der Waals surface area contributed by atoms with E-state index in [2.05, 4.69) is 10.6 Å². The van der Waals surface area contributed by atoms with Gasteiger partial charge in [-0.1, -0.05) is 0 Å². The van der Waals surface area contributed by atoms with Gasteiger partial charge >= 0.3 is 0 Å². The van der Waals surface area contributed by atoms with Crippen molar-refractivity contribution >= 4 is 17.3 Å². The molecule has 0 radical (unpaired) electrons. The van der Waals surface area contributed by atoms with Gasteiger partial charge in [0.05, 0.1) is 11.4 Å². The van der Waals surface area contributed by atoms with Crippen LogP contribution in [0.3, 0.4) is 0 Å². The lowest BCUT2D eigenvalue weighted by molar-refractivity contribution is 0.0956. The lowest BCUT2D eigenvalue weighted by Crippen LogP contribution is -2.23. The molecule has 16 heavy (non-hydrogen) atoms. The Labute approximate surface area is 96.2 Å². The molecule has 0 bridgehead atoms. The third kappa shape index (κ3) is 3.15. The van der Waals surface area contributed by atoms with E-state index in [0.717, 1.165) is 5.69 Å². The van der Waals surface area contributed by atoms with Crippen LogP contribution in [-0.2, 0) is 0 Å². The number of nitrogens with one attached hydrogen (secondary N) is 2. The van der Waals surface area contributed by atoms with Crippen LogP contribution in [-0.4, -0.2) is 18.5 Å². The van der Waals surface area contributed by atoms with Crippen LogP contribution in [0.1, 0.15) is 31.1 Å². The Bertz CT molecular complexity index is 375. The molecule has 0 spiro atoms. The van der Waals surface area contributed by atoms with Crippen molar-refractivity contribution in [3.8, 4) is 0 Å². The van der Waals surface area contributed by atoms with Gasteiger partial charge in [0.25, 0.3) is 5.91 Å². The predicted molar refractivity (Wildman–Crippen MR) is 67.6 cm³/mol. The van der Waals surface area contributed by atoms with Gasteiger partial charge in [0, 0.05) is 18.2 Å². The molecule has 0 saturated carbocycles. The first-order chi connectivity index (χ1) is 7.54. The highest BCUT2D eigenvalue weighted by molar-refractivity contribution is 5.96. The van der Waals surface area contributed by atoms with Crippen molar-refractivity contribution in [2.75, 3.05) is 17.6 Å². The molecule has 1 amide bonds. The van der Waals surface area contributed by atoms with Gasteiger partial charge in [-0.2, -0.15) is 0 Å². The molecule has 1 aromatic rings. The maximum Gasteiger partial charge on any atom is 0.251 e. The van der Waals surface area contributed by atoms with E-state index in [0.29, 0.717) is 17.8 Å². The monoisotopic (exact) mass is 221 g/mol. The van der Waals surface area contributed by atoms with Gasteiger partial charge in [-0.25, -0.2) is 0 Å². The Morgan fingerprint density at radius 2 is 2.12 bits per heavy atom. The fourth-order valence-electron chi connectivity index (χ4n) is 1.40. The summed E-state index contributed by atoms with van der Waals surface area (Å²) in [7, 11) is 0. The molecular weight excluding hydrogens is 202 g/mol. The van der Waals surface area contributed by atoms with E-state index in [-0.39, 0.29) is 11.9 Å². The van der Waals surface area contributed by atoms with Crippen molar-refractivity contribution in [2.24, 2.45) is 0 Å². The average molecular weight is 221 g/mol. The molecule has 0 fully saturated rings. The summed E-state index contributed by atoms with van der Waals surface area (Å²) in [6.45, 7) is 6.56. The molecule has 4 N–H and O–H groups in total. The standard InChI is InChI=1S/C12H19N3O/c1-4-14-12(16)9-5-6-10(13)11(7-9)15-8(2)3/h5-8,15H,4,13H2,1-3H3,(H,14,16). The second-order valence-electron chi connectivity index (χ2n) is 3.96. The number of hydrogen-bond acceptors (Lipinski definition) is 3. The number of carbonyl (C=O) groups is 1. The summed E-state index contributed by atoms with van der Waals surface area (Å²) < 4.78 is 0. The number of rotatable bonds is 4. The van der Waals surface area contributed by atoms with Crippen molar-refractivity contribution in [1.82, 2.24) is 5.32 Å². The van der Waals surface area contributed by atoms with E-state index >= 15 is 0 Å². The number of nitrogen functional groups attached to an aromatic ring is 1. The number of benzene rings is 1. The molecule has 0 aromatic heterocycles. The maximum absolute atomic E-state index is 11.6. The summed E-state index contributed by atoms with van der Waals surface area (Å²) in [5, 5.41) is 5.96. The highest BCUT2D eigenvalue weighted by Crippen LogP contribution is 2.20.